The van der Waals surface area contributed by atoms with E-state index in [1.54, 1.807) is 0 Å². The standard InChI is InChI=1S/C27H35N3O3/c1-3-22(31)18-29(19-24-16-11-17-32-24)20-25-26(4-2)28-30(21-12-7-5-8-13-21)27(25)33-23-14-9-6-10-15-23/h5-10,12-15,22,24,31H,3-4,11,16-20H2,1-2H3/t22-,24+/m1/s1. The summed E-state index contributed by atoms with van der Waals surface area (Å²) in [5.74, 6) is 1.50. The summed E-state index contributed by atoms with van der Waals surface area (Å²) in [5.41, 5.74) is 3.03. The molecule has 1 aliphatic rings. The highest BCUT2D eigenvalue weighted by atomic mass is 16.5. The van der Waals surface area contributed by atoms with Crippen molar-refractivity contribution in [3.63, 3.8) is 0 Å². The zero-order valence-corrected chi connectivity index (χ0v) is 19.7. The predicted molar refractivity (Wildman–Crippen MR) is 130 cm³/mol. The SMILES string of the molecule is CCc1nn(-c2ccccc2)c(Oc2ccccc2)c1CN(C[C@H](O)CC)C[C@@H]1CCCO1. The number of benzene rings is 2. The quantitative estimate of drug-likeness (QED) is 0.447. The minimum absolute atomic E-state index is 0.210. The van der Waals surface area contributed by atoms with Crippen molar-refractivity contribution in [3.8, 4) is 17.3 Å². The minimum Gasteiger partial charge on any atom is -0.439 e. The number of hydrogen-bond donors (Lipinski definition) is 1. The molecule has 0 aliphatic carbocycles. The Hall–Kier alpha value is -2.67. The van der Waals surface area contributed by atoms with Crippen LogP contribution < -0.4 is 4.74 Å². The van der Waals surface area contributed by atoms with Gasteiger partial charge in [-0.1, -0.05) is 50.2 Å². The second-order valence-electron chi connectivity index (χ2n) is 8.64. The van der Waals surface area contributed by atoms with Crippen LogP contribution in [0.1, 0.15) is 44.4 Å². The fourth-order valence-electron chi connectivity index (χ4n) is 4.30. The number of aromatic nitrogens is 2. The molecule has 2 atom stereocenters. The number of hydrogen-bond acceptors (Lipinski definition) is 5. The van der Waals surface area contributed by atoms with Crippen LogP contribution in [0.3, 0.4) is 0 Å². The summed E-state index contributed by atoms with van der Waals surface area (Å²) < 4.78 is 14.3. The van der Waals surface area contributed by atoms with Crippen molar-refractivity contribution in [2.24, 2.45) is 0 Å². The lowest BCUT2D eigenvalue weighted by Gasteiger charge is -2.27. The Morgan fingerprint density at radius 2 is 1.85 bits per heavy atom. The smallest absolute Gasteiger partial charge is 0.227 e. The van der Waals surface area contributed by atoms with Crippen LogP contribution in [0.4, 0.5) is 0 Å². The number of rotatable bonds is 11. The molecule has 1 saturated heterocycles. The first kappa shape index (κ1) is 23.5. The van der Waals surface area contributed by atoms with Crippen molar-refractivity contribution in [2.75, 3.05) is 19.7 Å². The van der Waals surface area contributed by atoms with Crippen LogP contribution in [0.25, 0.3) is 5.69 Å². The maximum atomic E-state index is 10.5. The summed E-state index contributed by atoms with van der Waals surface area (Å²) in [7, 11) is 0. The van der Waals surface area contributed by atoms with E-state index in [2.05, 4.69) is 11.8 Å². The third-order valence-corrected chi connectivity index (χ3v) is 6.12. The summed E-state index contributed by atoms with van der Waals surface area (Å²) in [5, 5.41) is 15.4. The summed E-state index contributed by atoms with van der Waals surface area (Å²) in [4.78, 5) is 2.30. The molecule has 1 N–H and O–H groups in total. The van der Waals surface area contributed by atoms with Gasteiger partial charge in [-0.2, -0.15) is 5.10 Å². The third-order valence-electron chi connectivity index (χ3n) is 6.12. The zero-order valence-electron chi connectivity index (χ0n) is 19.7. The average Bonchev–Trinajstić information content (AvgIpc) is 3.48. The van der Waals surface area contributed by atoms with E-state index < -0.39 is 0 Å². The number of aliphatic hydroxyl groups excluding tert-OH is 1. The third kappa shape index (κ3) is 6.02. The Labute approximate surface area is 196 Å². The van der Waals surface area contributed by atoms with Crippen LogP contribution in [0.15, 0.2) is 60.7 Å². The highest BCUT2D eigenvalue weighted by Crippen LogP contribution is 2.32. The number of aryl methyl sites for hydroxylation is 1. The van der Waals surface area contributed by atoms with Crippen LogP contribution in [0.2, 0.25) is 0 Å². The normalized spacial score (nSPS) is 16.9. The van der Waals surface area contributed by atoms with Gasteiger partial charge in [0, 0.05) is 26.2 Å². The first-order valence-electron chi connectivity index (χ1n) is 12.1. The van der Waals surface area contributed by atoms with Gasteiger partial charge in [-0.3, -0.25) is 4.90 Å². The van der Waals surface area contributed by atoms with Gasteiger partial charge < -0.3 is 14.6 Å². The van der Waals surface area contributed by atoms with Crippen molar-refractivity contribution >= 4 is 0 Å². The number of aliphatic hydroxyl groups is 1. The van der Waals surface area contributed by atoms with Gasteiger partial charge in [0.15, 0.2) is 0 Å². The average molecular weight is 450 g/mol. The fraction of sp³-hybridized carbons (Fsp3) is 0.444. The summed E-state index contributed by atoms with van der Waals surface area (Å²) in [6.45, 7) is 7.00. The molecule has 1 fully saturated rings. The molecule has 33 heavy (non-hydrogen) atoms. The van der Waals surface area contributed by atoms with E-state index in [0.29, 0.717) is 13.1 Å². The molecule has 3 aromatic rings. The molecule has 0 radical (unpaired) electrons. The summed E-state index contributed by atoms with van der Waals surface area (Å²) in [6, 6.07) is 20.0. The van der Waals surface area contributed by atoms with Crippen molar-refractivity contribution in [1.29, 1.82) is 0 Å². The molecule has 0 unspecified atom stereocenters. The number of ether oxygens (including phenoxy) is 2. The molecule has 0 amide bonds. The molecule has 0 saturated carbocycles. The van der Waals surface area contributed by atoms with E-state index in [1.807, 2.05) is 72.3 Å². The topological polar surface area (TPSA) is 59.8 Å². The molecule has 1 aromatic heterocycles. The van der Waals surface area contributed by atoms with Crippen LogP contribution in [-0.4, -0.2) is 51.7 Å². The van der Waals surface area contributed by atoms with Gasteiger partial charge in [-0.05, 0) is 49.9 Å². The first-order chi connectivity index (χ1) is 16.2. The van der Waals surface area contributed by atoms with Gasteiger partial charge in [0.25, 0.3) is 0 Å². The van der Waals surface area contributed by atoms with Gasteiger partial charge >= 0.3 is 0 Å². The Morgan fingerprint density at radius 1 is 1.12 bits per heavy atom. The molecule has 4 rings (SSSR count). The maximum absolute atomic E-state index is 10.5. The van der Waals surface area contributed by atoms with Crippen molar-refractivity contribution in [1.82, 2.24) is 14.7 Å². The van der Waals surface area contributed by atoms with E-state index in [0.717, 1.165) is 67.4 Å². The van der Waals surface area contributed by atoms with Crippen LogP contribution >= 0.6 is 0 Å². The Balaban J connectivity index is 1.71. The lowest BCUT2D eigenvalue weighted by atomic mass is 10.1. The monoisotopic (exact) mass is 449 g/mol. The van der Waals surface area contributed by atoms with Crippen LogP contribution in [0.5, 0.6) is 11.6 Å². The molecule has 6 heteroatoms. The van der Waals surface area contributed by atoms with E-state index in [1.165, 1.54) is 0 Å². The van der Waals surface area contributed by atoms with Crippen molar-refractivity contribution < 1.29 is 14.6 Å². The molecule has 2 aromatic carbocycles. The van der Waals surface area contributed by atoms with E-state index in [9.17, 15) is 5.11 Å². The lowest BCUT2D eigenvalue weighted by molar-refractivity contribution is 0.0451. The highest BCUT2D eigenvalue weighted by molar-refractivity contribution is 5.43. The van der Waals surface area contributed by atoms with E-state index in [-0.39, 0.29) is 12.2 Å². The van der Waals surface area contributed by atoms with Crippen LogP contribution in [-0.2, 0) is 17.7 Å². The predicted octanol–water partition coefficient (Wildman–Crippen LogP) is 4.98. The number of nitrogens with zero attached hydrogens (tertiary/aromatic N) is 3. The molecule has 2 heterocycles. The van der Waals surface area contributed by atoms with Gasteiger partial charge in [0.1, 0.15) is 5.75 Å². The molecule has 0 bridgehead atoms. The lowest BCUT2D eigenvalue weighted by Crippen LogP contribution is -2.37. The number of para-hydroxylation sites is 2. The van der Waals surface area contributed by atoms with Crippen molar-refractivity contribution in [2.45, 2.75) is 58.3 Å². The Morgan fingerprint density at radius 3 is 2.48 bits per heavy atom. The van der Waals surface area contributed by atoms with Crippen molar-refractivity contribution in [3.05, 3.63) is 71.9 Å². The van der Waals surface area contributed by atoms with Gasteiger partial charge in [-0.15, -0.1) is 0 Å². The molecular formula is C27H35N3O3. The van der Waals surface area contributed by atoms with Gasteiger partial charge in [-0.25, -0.2) is 4.68 Å². The Bertz CT molecular complexity index is 985. The highest BCUT2D eigenvalue weighted by Gasteiger charge is 2.26. The largest absolute Gasteiger partial charge is 0.439 e. The Kier molecular flexibility index (Phi) is 8.15. The second-order valence-corrected chi connectivity index (χ2v) is 8.64. The molecule has 6 nitrogen and oxygen atoms in total. The molecule has 1 aliphatic heterocycles. The van der Waals surface area contributed by atoms with Crippen LogP contribution in [0, 0.1) is 0 Å². The summed E-state index contributed by atoms with van der Waals surface area (Å²) in [6.07, 6.45) is 3.52. The molecule has 0 spiro atoms. The summed E-state index contributed by atoms with van der Waals surface area (Å²) >= 11 is 0. The van der Waals surface area contributed by atoms with E-state index in [4.69, 9.17) is 14.6 Å². The maximum Gasteiger partial charge on any atom is 0.227 e. The first-order valence-corrected chi connectivity index (χ1v) is 12.1. The second kappa shape index (κ2) is 11.5. The molecule has 176 valence electrons. The fourth-order valence-corrected chi connectivity index (χ4v) is 4.30. The van der Waals surface area contributed by atoms with Gasteiger partial charge in [0.05, 0.1) is 29.2 Å². The van der Waals surface area contributed by atoms with Gasteiger partial charge in [0.2, 0.25) is 5.88 Å². The zero-order chi connectivity index (χ0) is 23.0. The van der Waals surface area contributed by atoms with E-state index >= 15 is 0 Å². The minimum atomic E-state index is -0.376. The molecular weight excluding hydrogens is 414 g/mol.